The predicted molar refractivity (Wildman–Crippen MR) is 118 cm³/mol. The number of fused-ring (bicyclic) bond motifs is 1. The Bertz CT molecular complexity index is 1010. The van der Waals surface area contributed by atoms with Gasteiger partial charge in [-0.25, -0.2) is 4.98 Å². The van der Waals surface area contributed by atoms with Crippen LogP contribution in [0.1, 0.15) is 60.7 Å². The van der Waals surface area contributed by atoms with E-state index in [1.165, 1.54) is 11.3 Å². The molecule has 0 aliphatic carbocycles. The molecule has 0 saturated heterocycles. The second-order valence-corrected chi connectivity index (χ2v) is 8.75. The van der Waals surface area contributed by atoms with Gasteiger partial charge in [0.15, 0.2) is 0 Å². The zero-order chi connectivity index (χ0) is 21.5. The van der Waals surface area contributed by atoms with Gasteiger partial charge in [-0.1, -0.05) is 37.7 Å². The lowest BCUT2D eigenvalue weighted by Crippen LogP contribution is -2.26. The summed E-state index contributed by atoms with van der Waals surface area (Å²) in [6.07, 6.45) is 5.56. The topological polar surface area (TPSA) is 101 Å². The third-order valence-corrected chi connectivity index (χ3v) is 5.44. The SMILES string of the molecule is Cc1nc2ccccn2c1C(=O)NCCCCCC(=O)Nc1nnc(CC(C)C)s1. The fourth-order valence-electron chi connectivity index (χ4n) is 3.18. The van der Waals surface area contributed by atoms with Crippen LogP contribution in [0.2, 0.25) is 0 Å². The van der Waals surface area contributed by atoms with Crippen LogP contribution < -0.4 is 10.6 Å². The van der Waals surface area contributed by atoms with Gasteiger partial charge in [0.05, 0.1) is 5.69 Å². The lowest BCUT2D eigenvalue weighted by molar-refractivity contribution is -0.116. The molecule has 0 aliphatic rings. The highest BCUT2D eigenvalue weighted by Crippen LogP contribution is 2.18. The van der Waals surface area contributed by atoms with E-state index in [4.69, 9.17) is 0 Å². The summed E-state index contributed by atoms with van der Waals surface area (Å²) in [7, 11) is 0. The van der Waals surface area contributed by atoms with Crippen molar-refractivity contribution < 1.29 is 9.59 Å². The molecule has 9 heteroatoms. The van der Waals surface area contributed by atoms with E-state index in [-0.39, 0.29) is 11.8 Å². The maximum atomic E-state index is 12.5. The number of carbonyl (C=O) groups excluding carboxylic acids is 2. The number of nitrogens with one attached hydrogen (secondary N) is 2. The number of hydrogen-bond donors (Lipinski definition) is 2. The van der Waals surface area contributed by atoms with E-state index in [0.717, 1.165) is 36.3 Å². The molecule has 0 aromatic carbocycles. The Morgan fingerprint density at radius 1 is 1.17 bits per heavy atom. The summed E-state index contributed by atoms with van der Waals surface area (Å²) in [5.74, 6) is 0.337. The summed E-state index contributed by atoms with van der Waals surface area (Å²) < 4.78 is 1.80. The monoisotopic (exact) mass is 428 g/mol. The second kappa shape index (κ2) is 10.3. The number of hydrogen-bond acceptors (Lipinski definition) is 6. The molecule has 30 heavy (non-hydrogen) atoms. The van der Waals surface area contributed by atoms with Gasteiger partial charge >= 0.3 is 0 Å². The summed E-state index contributed by atoms with van der Waals surface area (Å²) in [5, 5.41) is 15.4. The smallest absolute Gasteiger partial charge is 0.270 e. The maximum Gasteiger partial charge on any atom is 0.270 e. The molecule has 0 aliphatic heterocycles. The number of anilines is 1. The highest BCUT2D eigenvalue weighted by molar-refractivity contribution is 7.15. The molecule has 0 spiro atoms. The van der Waals surface area contributed by atoms with Gasteiger partial charge in [-0.3, -0.25) is 14.0 Å². The lowest BCUT2D eigenvalue weighted by atomic mass is 10.1. The fourth-order valence-corrected chi connectivity index (χ4v) is 4.15. The average molecular weight is 429 g/mol. The minimum atomic E-state index is -0.127. The molecule has 0 atom stereocenters. The number of nitrogens with zero attached hydrogens (tertiary/aromatic N) is 4. The molecule has 0 fully saturated rings. The number of carbonyl (C=O) groups is 2. The molecule has 0 unspecified atom stereocenters. The summed E-state index contributed by atoms with van der Waals surface area (Å²) in [4.78, 5) is 29.0. The van der Waals surface area contributed by atoms with Crippen LogP contribution in [0.25, 0.3) is 5.65 Å². The Morgan fingerprint density at radius 3 is 2.80 bits per heavy atom. The molecule has 0 saturated carbocycles. The van der Waals surface area contributed by atoms with Crippen molar-refractivity contribution in [2.75, 3.05) is 11.9 Å². The van der Waals surface area contributed by atoms with Crippen LogP contribution >= 0.6 is 11.3 Å². The number of aryl methyl sites for hydroxylation is 1. The van der Waals surface area contributed by atoms with Crippen LogP contribution in [0.4, 0.5) is 5.13 Å². The largest absolute Gasteiger partial charge is 0.351 e. The molecular formula is C21H28N6O2S. The molecule has 3 aromatic heterocycles. The molecule has 3 aromatic rings. The van der Waals surface area contributed by atoms with Crippen LogP contribution in [-0.2, 0) is 11.2 Å². The van der Waals surface area contributed by atoms with Crippen molar-refractivity contribution >= 4 is 33.9 Å². The molecule has 0 bridgehead atoms. The van der Waals surface area contributed by atoms with Crippen molar-refractivity contribution in [2.24, 2.45) is 5.92 Å². The highest BCUT2D eigenvalue weighted by atomic mass is 32.1. The van der Waals surface area contributed by atoms with Crippen LogP contribution in [-0.4, -0.2) is 37.9 Å². The summed E-state index contributed by atoms with van der Waals surface area (Å²) in [6.45, 7) is 6.65. The van der Waals surface area contributed by atoms with E-state index in [1.807, 2.05) is 31.3 Å². The molecule has 2 N–H and O–H groups in total. The molecule has 160 valence electrons. The van der Waals surface area contributed by atoms with E-state index < -0.39 is 0 Å². The Balaban J connectivity index is 1.34. The van der Waals surface area contributed by atoms with E-state index in [2.05, 4.69) is 39.7 Å². The van der Waals surface area contributed by atoms with Crippen molar-refractivity contribution in [2.45, 2.75) is 52.9 Å². The minimum absolute atomic E-state index is 0.0485. The first-order valence-electron chi connectivity index (χ1n) is 10.3. The number of imidazole rings is 1. The number of rotatable bonds is 10. The van der Waals surface area contributed by atoms with E-state index in [9.17, 15) is 9.59 Å². The Kier molecular flexibility index (Phi) is 7.51. The van der Waals surface area contributed by atoms with Gasteiger partial charge in [-0.2, -0.15) is 0 Å². The quantitative estimate of drug-likeness (QED) is 0.480. The third-order valence-electron chi connectivity index (χ3n) is 4.58. The van der Waals surface area contributed by atoms with E-state index in [0.29, 0.717) is 35.4 Å². The molecule has 8 nitrogen and oxygen atoms in total. The molecule has 2 amide bonds. The van der Waals surface area contributed by atoms with Crippen molar-refractivity contribution in [3.05, 3.63) is 40.8 Å². The van der Waals surface area contributed by atoms with Crippen molar-refractivity contribution in [1.82, 2.24) is 24.9 Å². The van der Waals surface area contributed by atoms with Crippen LogP contribution in [0.15, 0.2) is 24.4 Å². The number of pyridine rings is 1. The van der Waals surface area contributed by atoms with E-state index in [1.54, 1.807) is 4.40 Å². The standard InChI is InChI=1S/C21H28N6O2S/c1-14(2)13-18-25-26-21(30-18)24-17(28)10-5-4-7-11-22-20(29)19-15(3)23-16-9-6-8-12-27(16)19/h6,8-9,12,14H,4-5,7,10-11,13H2,1-3H3,(H,22,29)(H,24,26,28). The number of aromatic nitrogens is 4. The Morgan fingerprint density at radius 2 is 2.00 bits per heavy atom. The number of unbranched alkanes of at least 4 members (excludes halogenated alkanes) is 2. The summed E-state index contributed by atoms with van der Waals surface area (Å²) in [5.41, 5.74) is 2.04. The van der Waals surface area contributed by atoms with Crippen molar-refractivity contribution in [3.8, 4) is 0 Å². The minimum Gasteiger partial charge on any atom is -0.351 e. The van der Waals surface area contributed by atoms with E-state index >= 15 is 0 Å². The summed E-state index contributed by atoms with van der Waals surface area (Å²) in [6, 6.07) is 5.65. The number of amides is 2. The fraction of sp³-hybridized carbons (Fsp3) is 0.476. The maximum absolute atomic E-state index is 12.5. The highest BCUT2D eigenvalue weighted by Gasteiger charge is 2.15. The third kappa shape index (κ3) is 5.85. The predicted octanol–water partition coefficient (Wildman–Crippen LogP) is 3.62. The average Bonchev–Trinajstić information content (AvgIpc) is 3.26. The lowest BCUT2D eigenvalue weighted by Gasteiger charge is -2.06. The van der Waals surface area contributed by atoms with Gasteiger partial charge < -0.3 is 10.6 Å². The van der Waals surface area contributed by atoms with Gasteiger partial charge in [0.1, 0.15) is 16.3 Å². The first-order chi connectivity index (χ1) is 14.4. The molecule has 0 radical (unpaired) electrons. The first-order valence-corrected chi connectivity index (χ1v) is 11.1. The first kappa shape index (κ1) is 21.9. The summed E-state index contributed by atoms with van der Waals surface area (Å²) >= 11 is 1.43. The normalized spacial score (nSPS) is 11.2. The van der Waals surface area contributed by atoms with Gasteiger partial charge in [0, 0.05) is 25.6 Å². The molecule has 3 heterocycles. The van der Waals surface area contributed by atoms with Gasteiger partial charge in [0.2, 0.25) is 11.0 Å². The van der Waals surface area contributed by atoms with Crippen molar-refractivity contribution in [3.63, 3.8) is 0 Å². The van der Waals surface area contributed by atoms with Crippen LogP contribution in [0.3, 0.4) is 0 Å². The van der Waals surface area contributed by atoms with Crippen LogP contribution in [0.5, 0.6) is 0 Å². The Hall–Kier alpha value is -2.81. The molecular weight excluding hydrogens is 400 g/mol. The van der Waals surface area contributed by atoms with Gasteiger partial charge in [0.25, 0.3) is 5.91 Å². The zero-order valence-electron chi connectivity index (χ0n) is 17.6. The molecule has 3 rings (SSSR count). The second-order valence-electron chi connectivity index (χ2n) is 7.69. The van der Waals surface area contributed by atoms with Crippen molar-refractivity contribution in [1.29, 1.82) is 0 Å². The Labute approximate surface area is 180 Å². The van der Waals surface area contributed by atoms with Gasteiger partial charge in [-0.15, -0.1) is 10.2 Å². The van der Waals surface area contributed by atoms with Gasteiger partial charge in [-0.05, 0) is 37.8 Å². The zero-order valence-corrected chi connectivity index (χ0v) is 18.5. The van der Waals surface area contributed by atoms with Crippen LogP contribution in [0, 0.1) is 12.8 Å².